The molecule has 2 rings (SSSR count). The molecular formula is C14H15N3O2. The first-order valence-corrected chi connectivity index (χ1v) is 5.84. The maximum absolute atomic E-state index is 11.9. The summed E-state index contributed by atoms with van der Waals surface area (Å²) in [6.45, 7) is 2.07. The molecule has 4 N–H and O–H groups in total. The lowest BCUT2D eigenvalue weighted by Gasteiger charge is -2.08. The molecule has 1 aromatic heterocycles. The predicted octanol–water partition coefficient (Wildman–Crippen LogP) is 1.61. The number of phenols is 1. The number of benzene rings is 1. The Bertz CT molecular complexity index is 594. The van der Waals surface area contributed by atoms with Gasteiger partial charge in [-0.25, -0.2) is 0 Å². The number of aromatic nitrogens is 1. The average molecular weight is 257 g/mol. The fourth-order valence-corrected chi connectivity index (χ4v) is 1.63. The van der Waals surface area contributed by atoms with Crippen molar-refractivity contribution in [3.63, 3.8) is 0 Å². The number of anilines is 1. The highest BCUT2D eigenvalue weighted by Gasteiger charge is 2.07. The fraction of sp³-hybridized carbons (Fsp3) is 0.143. The summed E-state index contributed by atoms with van der Waals surface area (Å²) >= 11 is 0. The first-order chi connectivity index (χ1) is 9.06. The fourth-order valence-electron chi connectivity index (χ4n) is 1.63. The van der Waals surface area contributed by atoms with Gasteiger partial charge in [-0.3, -0.25) is 9.78 Å². The molecule has 1 heterocycles. The molecule has 2 aromatic rings. The number of nitrogens with one attached hydrogen (secondary N) is 1. The third kappa shape index (κ3) is 3.22. The number of nitrogens with two attached hydrogens (primary N) is 1. The van der Waals surface area contributed by atoms with E-state index in [2.05, 4.69) is 10.3 Å². The Labute approximate surface area is 111 Å². The van der Waals surface area contributed by atoms with Crippen LogP contribution in [0.3, 0.4) is 0 Å². The Hall–Kier alpha value is -2.56. The molecule has 0 saturated heterocycles. The Morgan fingerprint density at radius 3 is 2.84 bits per heavy atom. The smallest absolute Gasteiger partial charge is 0.253 e. The second-order valence-electron chi connectivity index (χ2n) is 4.26. The largest absolute Gasteiger partial charge is 0.508 e. The molecule has 98 valence electrons. The van der Waals surface area contributed by atoms with Gasteiger partial charge >= 0.3 is 0 Å². The summed E-state index contributed by atoms with van der Waals surface area (Å²) in [5.41, 5.74) is 8.08. The van der Waals surface area contributed by atoms with Crippen LogP contribution in [0.1, 0.15) is 21.6 Å². The van der Waals surface area contributed by atoms with Gasteiger partial charge in [0.1, 0.15) is 5.75 Å². The molecule has 0 atom stereocenters. The minimum absolute atomic E-state index is 0.108. The lowest BCUT2D eigenvalue weighted by atomic mass is 10.1. The van der Waals surface area contributed by atoms with E-state index in [1.807, 2.05) is 6.92 Å². The van der Waals surface area contributed by atoms with E-state index in [4.69, 9.17) is 5.73 Å². The monoisotopic (exact) mass is 257 g/mol. The molecule has 0 unspecified atom stereocenters. The van der Waals surface area contributed by atoms with Crippen LogP contribution in [0.4, 0.5) is 5.69 Å². The molecular weight excluding hydrogens is 242 g/mol. The van der Waals surface area contributed by atoms with E-state index in [1.54, 1.807) is 24.3 Å². The molecule has 0 saturated carbocycles. The first-order valence-electron chi connectivity index (χ1n) is 5.84. The number of aryl methyl sites for hydroxylation is 1. The number of nitrogen functional groups attached to an aromatic ring is 1. The summed E-state index contributed by atoms with van der Waals surface area (Å²) < 4.78 is 0. The van der Waals surface area contributed by atoms with Gasteiger partial charge in [-0.05, 0) is 37.3 Å². The minimum atomic E-state index is -0.241. The number of hydrogen-bond donors (Lipinski definition) is 3. The zero-order valence-corrected chi connectivity index (χ0v) is 10.6. The molecule has 1 aromatic carbocycles. The average Bonchev–Trinajstić information content (AvgIpc) is 2.40. The van der Waals surface area contributed by atoms with Crippen molar-refractivity contribution in [3.05, 3.63) is 53.3 Å². The summed E-state index contributed by atoms with van der Waals surface area (Å²) in [6.07, 6.45) is 1.52. The van der Waals surface area contributed by atoms with Gasteiger partial charge in [0.15, 0.2) is 0 Å². The Balaban J connectivity index is 2.04. The first kappa shape index (κ1) is 12.9. The summed E-state index contributed by atoms with van der Waals surface area (Å²) in [6, 6.07) is 8.21. The quantitative estimate of drug-likeness (QED) is 0.575. The van der Waals surface area contributed by atoms with Gasteiger partial charge in [-0.15, -0.1) is 0 Å². The molecule has 0 aliphatic rings. The van der Waals surface area contributed by atoms with Crippen molar-refractivity contribution in [1.82, 2.24) is 10.3 Å². The molecule has 0 spiro atoms. The van der Waals surface area contributed by atoms with Crippen LogP contribution in [-0.2, 0) is 6.54 Å². The molecule has 0 fully saturated rings. The normalized spacial score (nSPS) is 10.2. The van der Waals surface area contributed by atoms with Gasteiger partial charge in [0.2, 0.25) is 0 Å². The molecule has 0 radical (unpaired) electrons. The van der Waals surface area contributed by atoms with Gasteiger partial charge in [0.25, 0.3) is 5.91 Å². The molecule has 0 bridgehead atoms. The minimum Gasteiger partial charge on any atom is -0.508 e. The third-order valence-electron chi connectivity index (χ3n) is 2.72. The Kier molecular flexibility index (Phi) is 3.66. The van der Waals surface area contributed by atoms with Gasteiger partial charge in [-0.2, -0.15) is 0 Å². The number of carbonyl (C=O) groups excluding carboxylic acids is 1. The summed E-state index contributed by atoms with van der Waals surface area (Å²) in [5, 5.41) is 12.3. The number of pyridine rings is 1. The second-order valence-corrected chi connectivity index (χ2v) is 4.26. The molecule has 5 nitrogen and oxygen atoms in total. The van der Waals surface area contributed by atoms with Crippen molar-refractivity contribution in [1.29, 1.82) is 0 Å². The van der Waals surface area contributed by atoms with E-state index in [0.717, 1.165) is 5.69 Å². The maximum Gasteiger partial charge on any atom is 0.253 e. The van der Waals surface area contributed by atoms with E-state index in [-0.39, 0.29) is 18.2 Å². The van der Waals surface area contributed by atoms with Crippen LogP contribution in [0.15, 0.2) is 36.5 Å². The SMILES string of the molecule is Cc1ccc(C(=O)NCc2cc(N)ccc2O)cn1. The number of carbonyl (C=O) groups is 1. The van der Waals surface area contributed by atoms with Crippen molar-refractivity contribution >= 4 is 11.6 Å². The number of aromatic hydroxyl groups is 1. The highest BCUT2D eigenvalue weighted by atomic mass is 16.3. The molecule has 1 amide bonds. The van der Waals surface area contributed by atoms with E-state index in [0.29, 0.717) is 16.8 Å². The van der Waals surface area contributed by atoms with E-state index in [1.165, 1.54) is 12.3 Å². The van der Waals surface area contributed by atoms with Gasteiger partial charge in [0, 0.05) is 29.7 Å². The molecule has 5 heteroatoms. The Morgan fingerprint density at radius 2 is 2.16 bits per heavy atom. The van der Waals surface area contributed by atoms with E-state index >= 15 is 0 Å². The molecule has 0 aliphatic heterocycles. The third-order valence-corrected chi connectivity index (χ3v) is 2.72. The van der Waals surface area contributed by atoms with Crippen LogP contribution in [0.25, 0.3) is 0 Å². The van der Waals surface area contributed by atoms with Crippen LogP contribution in [0.5, 0.6) is 5.75 Å². The predicted molar refractivity (Wildman–Crippen MR) is 72.7 cm³/mol. The van der Waals surface area contributed by atoms with Gasteiger partial charge in [0.05, 0.1) is 5.56 Å². The zero-order valence-electron chi connectivity index (χ0n) is 10.6. The number of nitrogens with zero attached hydrogens (tertiary/aromatic N) is 1. The van der Waals surface area contributed by atoms with Gasteiger partial charge < -0.3 is 16.2 Å². The highest BCUT2D eigenvalue weighted by Crippen LogP contribution is 2.19. The van der Waals surface area contributed by atoms with Crippen LogP contribution in [-0.4, -0.2) is 16.0 Å². The van der Waals surface area contributed by atoms with Crippen molar-refractivity contribution in [2.75, 3.05) is 5.73 Å². The number of amides is 1. The van der Waals surface area contributed by atoms with Crippen LogP contribution < -0.4 is 11.1 Å². The lowest BCUT2D eigenvalue weighted by Crippen LogP contribution is -2.23. The summed E-state index contributed by atoms with van der Waals surface area (Å²) in [4.78, 5) is 15.9. The lowest BCUT2D eigenvalue weighted by molar-refractivity contribution is 0.0950. The highest BCUT2D eigenvalue weighted by molar-refractivity contribution is 5.93. The van der Waals surface area contributed by atoms with Gasteiger partial charge in [-0.1, -0.05) is 0 Å². The standard InChI is InChI=1S/C14H15N3O2/c1-9-2-3-10(7-16-9)14(19)17-8-11-6-12(15)4-5-13(11)18/h2-7,18H,8,15H2,1H3,(H,17,19). The van der Waals surface area contributed by atoms with E-state index in [9.17, 15) is 9.90 Å². The van der Waals surface area contributed by atoms with Crippen molar-refractivity contribution in [2.24, 2.45) is 0 Å². The van der Waals surface area contributed by atoms with Crippen molar-refractivity contribution in [3.8, 4) is 5.75 Å². The van der Waals surface area contributed by atoms with Crippen LogP contribution in [0, 0.1) is 6.92 Å². The van der Waals surface area contributed by atoms with Crippen LogP contribution >= 0.6 is 0 Å². The van der Waals surface area contributed by atoms with E-state index < -0.39 is 0 Å². The zero-order chi connectivity index (χ0) is 13.8. The number of hydrogen-bond acceptors (Lipinski definition) is 4. The van der Waals surface area contributed by atoms with Crippen molar-refractivity contribution < 1.29 is 9.90 Å². The number of phenolic OH excluding ortho intramolecular Hbond substituents is 1. The topological polar surface area (TPSA) is 88.2 Å². The Morgan fingerprint density at radius 1 is 1.37 bits per heavy atom. The van der Waals surface area contributed by atoms with Crippen molar-refractivity contribution in [2.45, 2.75) is 13.5 Å². The number of rotatable bonds is 3. The molecule has 0 aliphatic carbocycles. The summed E-state index contributed by atoms with van der Waals surface area (Å²) in [7, 11) is 0. The van der Waals surface area contributed by atoms with Crippen LogP contribution in [0.2, 0.25) is 0 Å². The molecule has 19 heavy (non-hydrogen) atoms. The maximum atomic E-state index is 11.9. The second kappa shape index (κ2) is 5.39. The summed E-state index contributed by atoms with van der Waals surface area (Å²) in [5.74, 6) is -0.133.